The maximum Gasteiger partial charge on any atom is 0.243 e. The highest BCUT2D eigenvalue weighted by molar-refractivity contribution is 4.96. The van der Waals surface area contributed by atoms with E-state index in [0.29, 0.717) is 18.3 Å². The summed E-state index contributed by atoms with van der Waals surface area (Å²) >= 11 is 0. The SMILES string of the molecule is CCN1CCOC(c2noc(C(C)N)n2)C1. The van der Waals surface area contributed by atoms with Gasteiger partial charge in [-0.3, -0.25) is 4.90 Å². The van der Waals surface area contributed by atoms with Gasteiger partial charge in [0.05, 0.1) is 12.6 Å². The molecule has 2 unspecified atom stereocenters. The van der Waals surface area contributed by atoms with Crippen LogP contribution in [0.3, 0.4) is 0 Å². The van der Waals surface area contributed by atoms with Gasteiger partial charge in [-0.15, -0.1) is 0 Å². The Morgan fingerprint density at radius 1 is 1.62 bits per heavy atom. The number of rotatable bonds is 3. The highest BCUT2D eigenvalue weighted by Gasteiger charge is 2.25. The zero-order chi connectivity index (χ0) is 11.5. The van der Waals surface area contributed by atoms with E-state index in [0.717, 1.165) is 19.6 Å². The molecule has 6 heteroatoms. The van der Waals surface area contributed by atoms with Crippen molar-refractivity contribution < 1.29 is 9.26 Å². The van der Waals surface area contributed by atoms with Gasteiger partial charge < -0.3 is 15.0 Å². The first-order valence-corrected chi connectivity index (χ1v) is 5.63. The van der Waals surface area contributed by atoms with Gasteiger partial charge in [0.2, 0.25) is 11.7 Å². The fraction of sp³-hybridized carbons (Fsp3) is 0.800. The largest absolute Gasteiger partial charge is 0.367 e. The van der Waals surface area contributed by atoms with E-state index in [2.05, 4.69) is 22.0 Å². The molecule has 0 saturated carbocycles. The molecule has 1 fully saturated rings. The third kappa shape index (κ3) is 2.40. The van der Waals surface area contributed by atoms with Crippen molar-refractivity contribution in [3.63, 3.8) is 0 Å². The van der Waals surface area contributed by atoms with Crippen LogP contribution in [0, 0.1) is 0 Å². The normalized spacial score (nSPS) is 24.6. The van der Waals surface area contributed by atoms with Crippen molar-refractivity contribution in [3.05, 3.63) is 11.7 Å². The molecule has 0 radical (unpaired) electrons. The first-order chi connectivity index (χ1) is 7.70. The molecule has 0 aliphatic carbocycles. The van der Waals surface area contributed by atoms with Gasteiger partial charge in [-0.05, 0) is 13.5 Å². The van der Waals surface area contributed by atoms with E-state index < -0.39 is 0 Å². The molecule has 1 saturated heterocycles. The van der Waals surface area contributed by atoms with Crippen LogP contribution in [-0.4, -0.2) is 41.3 Å². The summed E-state index contributed by atoms with van der Waals surface area (Å²) < 4.78 is 10.7. The summed E-state index contributed by atoms with van der Waals surface area (Å²) in [6.07, 6.45) is -0.0926. The Bertz CT molecular complexity index is 339. The van der Waals surface area contributed by atoms with Crippen LogP contribution >= 0.6 is 0 Å². The Hall–Kier alpha value is -0.980. The molecule has 0 amide bonds. The van der Waals surface area contributed by atoms with Gasteiger partial charge in [0.1, 0.15) is 6.10 Å². The molecule has 1 aromatic heterocycles. The molecule has 1 aliphatic rings. The lowest BCUT2D eigenvalue weighted by Gasteiger charge is -2.30. The summed E-state index contributed by atoms with van der Waals surface area (Å²) in [5.74, 6) is 1.07. The van der Waals surface area contributed by atoms with Crippen molar-refractivity contribution in [1.82, 2.24) is 15.0 Å². The summed E-state index contributed by atoms with van der Waals surface area (Å²) in [6, 6.07) is -0.230. The van der Waals surface area contributed by atoms with Crippen LogP contribution in [-0.2, 0) is 4.74 Å². The first kappa shape index (κ1) is 11.5. The van der Waals surface area contributed by atoms with Gasteiger partial charge in [-0.2, -0.15) is 4.98 Å². The lowest BCUT2D eigenvalue weighted by Crippen LogP contribution is -2.38. The third-order valence-corrected chi connectivity index (χ3v) is 2.73. The Morgan fingerprint density at radius 2 is 2.44 bits per heavy atom. The predicted molar refractivity (Wildman–Crippen MR) is 57.7 cm³/mol. The van der Waals surface area contributed by atoms with Crippen molar-refractivity contribution in [2.45, 2.75) is 26.0 Å². The molecule has 2 atom stereocenters. The second-order valence-electron chi connectivity index (χ2n) is 4.03. The minimum absolute atomic E-state index is 0.0926. The average Bonchev–Trinajstić information content (AvgIpc) is 2.78. The lowest BCUT2D eigenvalue weighted by molar-refractivity contribution is -0.0334. The Kier molecular flexibility index (Phi) is 3.52. The summed E-state index contributed by atoms with van der Waals surface area (Å²) in [5.41, 5.74) is 5.66. The molecule has 2 heterocycles. The Morgan fingerprint density at radius 3 is 3.06 bits per heavy atom. The molecule has 2 N–H and O–H groups in total. The van der Waals surface area contributed by atoms with E-state index in [-0.39, 0.29) is 12.1 Å². The molecule has 1 aromatic rings. The number of morpholine rings is 1. The summed E-state index contributed by atoms with van der Waals surface area (Å²) in [4.78, 5) is 6.55. The standard InChI is InChI=1S/C10H18N4O2/c1-3-14-4-5-15-8(6-14)9-12-10(7(2)11)16-13-9/h7-8H,3-6,11H2,1-2H3. The van der Waals surface area contributed by atoms with E-state index in [1.807, 2.05) is 6.92 Å². The zero-order valence-electron chi connectivity index (χ0n) is 9.72. The van der Waals surface area contributed by atoms with E-state index in [9.17, 15) is 0 Å². The monoisotopic (exact) mass is 226 g/mol. The predicted octanol–water partition coefficient (Wildman–Crippen LogP) is 0.482. The van der Waals surface area contributed by atoms with E-state index in [1.165, 1.54) is 0 Å². The van der Waals surface area contributed by atoms with Crippen LogP contribution < -0.4 is 5.73 Å². The zero-order valence-corrected chi connectivity index (χ0v) is 9.72. The first-order valence-electron chi connectivity index (χ1n) is 5.63. The van der Waals surface area contributed by atoms with Gasteiger partial charge in [0.15, 0.2) is 0 Å². The summed E-state index contributed by atoms with van der Waals surface area (Å²) in [5, 5.41) is 3.91. The van der Waals surface area contributed by atoms with Crippen LogP contribution in [0.2, 0.25) is 0 Å². The molecule has 16 heavy (non-hydrogen) atoms. The highest BCUT2D eigenvalue weighted by Crippen LogP contribution is 2.20. The number of nitrogens with zero attached hydrogens (tertiary/aromatic N) is 3. The fourth-order valence-corrected chi connectivity index (χ4v) is 1.71. The number of likely N-dealkylation sites (N-methyl/N-ethyl adjacent to an activating group) is 1. The van der Waals surface area contributed by atoms with Gasteiger partial charge in [-0.25, -0.2) is 0 Å². The van der Waals surface area contributed by atoms with Gasteiger partial charge in [-0.1, -0.05) is 12.1 Å². The molecule has 0 bridgehead atoms. The number of aromatic nitrogens is 2. The quantitative estimate of drug-likeness (QED) is 0.808. The number of ether oxygens (including phenoxy) is 1. The minimum atomic E-state index is -0.230. The number of hydrogen-bond donors (Lipinski definition) is 1. The Labute approximate surface area is 94.7 Å². The van der Waals surface area contributed by atoms with Gasteiger partial charge >= 0.3 is 0 Å². The van der Waals surface area contributed by atoms with Crippen LogP contribution in [0.15, 0.2) is 4.52 Å². The second-order valence-corrected chi connectivity index (χ2v) is 4.03. The van der Waals surface area contributed by atoms with Crippen molar-refractivity contribution in [3.8, 4) is 0 Å². The van der Waals surface area contributed by atoms with Gasteiger partial charge in [0, 0.05) is 13.1 Å². The molecule has 6 nitrogen and oxygen atoms in total. The van der Waals surface area contributed by atoms with E-state index >= 15 is 0 Å². The molecule has 0 spiro atoms. The fourth-order valence-electron chi connectivity index (χ4n) is 1.71. The minimum Gasteiger partial charge on any atom is -0.367 e. The number of nitrogens with two attached hydrogens (primary N) is 1. The lowest BCUT2D eigenvalue weighted by atomic mass is 10.2. The van der Waals surface area contributed by atoms with Crippen LogP contribution in [0.4, 0.5) is 0 Å². The van der Waals surface area contributed by atoms with Crippen molar-refractivity contribution in [2.75, 3.05) is 26.2 Å². The molecule has 0 aromatic carbocycles. The smallest absolute Gasteiger partial charge is 0.243 e. The summed E-state index contributed by atoms with van der Waals surface area (Å²) in [7, 11) is 0. The highest BCUT2D eigenvalue weighted by atomic mass is 16.5. The molecular weight excluding hydrogens is 208 g/mol. The van der Waals surface area contributed by atoms with Crippen molar-refractivity contribution in [1.29, 1.82) is 0 Å². The molecule has 1 aliphatic heterocycles. The van der Waals surface area contributed by atoms with Gasteiger partial charge in [0.25, 0.3) is 0 Å². The maximum absolute atomic E-state index is 5.66. The van der Waals surface area contributed by atoms with E-state index in [1.54, 1.807) is 0 Å². The van der Waals surface area contributed by atoms with Crippen LogP contribution in [0.5, 0.6) is 0 Å². The summed E-state index contributed by atoms with van der Waals surface area (Å²) in [6.45, 7) is 7.45. The average molecular weight is 226 g/mol. The van der Waals surface area contributed by atoms with Crippen LogP contribution in [0.25, 0.3) is 0 Å². The van der Waals surface area contributed by atoms with Crippen LogP contribution in [0.1, 0.15) is 37.7 Å². The second kappa shape index (κ2) is 4.90. The molecule has 2 rings (SSSR count). The maximum atomic E-state index is 5.66. The Balaban J connectivity index is 2.05. The van der Waals surface area contributed by atoms with E-state index in [4.69, 9.17) is 15.0 Å². The van der Waals surface area contributed by atoms with Crippen molar-refractivity contribution in [2.24, 2.45) is 5.73 Å². The molecular formula is C10H18N4O2. The van der Waals surface area contributed by atoms with Crippen molar-refractivity contribution >= 4 is 0 Å². The topological polar surface area (TPSA) is 77.4 Å². The third-order valence-electron chi connectivity index (χ3n) is 2.73. The molecule has 90 valence electrons. The number of hydrogen-bond acceptors (Lipinski definition) is 6.